The van der Waals surface area contributed by atoms with Crippen LogP contribution in [0.3, 0.4) is 0 Å². The molecular weight excluding hydrogens is 333 g/mol. The zero-order chi connectivity index (χ0) is 18.2. The first-order chi connectivity index (χ1) is 11.8. The van der Waals surface area contributed by atoms with Gasteiger partial charge < -0.3 is 10.2 Å². The van der Waals surface area contributed by atoms with E-state index in [4.69, 9.17) is 0 Å². The number of nitrogens with zero attached hydrogens (tertiary/aromatic N) is 1. The van der Waals surface area contributed by atoms with E-state index in [1.54, 1.807) is 23.1 Å². The minimum atomic E-state index is -4.47. The third kappa shape index (κ3) is 3.50. The second-order valence-electron chi connectivity index (χ2n) is 5.80. The van der Waals surface area contributed by atoms with Gasteiger partial charge in [0.15, 0.2) is 0 Å². The Bertz CT molecular complexity index is 846. The normalized spacial score (nSPS) is 13.5. The predicted octanol–water partition coefficient (Wildman–Crippen LogP) is 3.87. The van der Waals surface area contributed by atoms with Gasteiger partial charge in [0.05, 0.1) is 5.56 Å². The van der Waals surface area contributed by atoms with E-state index in [-0.39, 0.29) is 11.6 Å². The number of amides is 2. The minimum Gasteiger partial charge on any atom is -0.322 e. The number of halogens is 3. The number of benzene rings is 2. The highest BCUT2D eigenvalue weighted by Crippen LogP contribution is 2.31. The maximum absolute atomic E-state index is 12.7. The fourth-order valence-corrected chi connectivity index (χ4v) is 2.85. The Morgan fingerprint density at radius 2 is 1.88 bits per heavy atom. The molecule has 0 spiro atoms. The average Bonchev–Trinajstić information content (AvgIpc) is 2.97. The zero-order valence-electron chi connectivity index (χ0n) is 13.4. The minimum absolute atomic E-state index is 0.0695. The fraction of sp³-hybridized carbons (Fsp3) is 0.222. The van der Waals surface area contributed by atoms with Crippen molar-refractivity contribution in [2.24, 2.45) is 0 Å². The van der Waals surface area contributed by atoms with Gasteiger partial charge in [-0.05, 0) is 48.4 Å². The first-order valence-electron chi connectivity index (χ1n) is 7.65. The molecule has 2 amide bonds. The molecular formula is C18H15F3N2O2. The summed E-state index contributed by atoms with van der Waals surface area (Å²) in [6, 6.07) is 9.39. The summed E-state index contributed by atoms with van der Waals surface area (Å²) in [7, 11) is 0. The maximum atomic E-state index is 12.7. The van der Waals surface area contributed by atoms with Crippen LogP contribution in [0.4, 0.5) is 24.5 Å². The number of rotatable bonds is 2. The number of carbonyl (C=O) groups excluding carboxylic acids is 2. The number of fused-ring (bicyclic) bond motifs is 1. The van der Waals surface area contributed by atoms with Crippen molar-refractivity contribution < 1.29 is 22.8 Å². The number of hydrogen-bond acceptors (Lipinski definition) is 2. The van der Waals surface area contributed by atoms with E-state index in [9.17, 15) is 22.8 Å². The van der Waals surface area contributed by atoms with E-state index in [0.29, 0.717) is 18.5 Å². The second-order valence-corrected chi connectivity index (χ2v) is 5.80. The van der Waals surface area contributed by atoms with Gasteiger partial charge in [-0.25, -0.2) is 0 Å². The zero-order valence-corrected chi connectivity index (χ0v) is 13.4. The molecule has 0 fully saturated rings. The molecule has 2 aromatic carbocycles. The van der Waals surface area contributed by atoms with E-state index < -0.39 is 17.6 Å². The molecule has 1 aliphatic rings. The van der Waals surface area contributed by atoms with E-state index in [1.165, 1.54) is 19.1 Å². The van der Waals surface area contributed by atoms with Crippen LogP contribution >= 0.6 is 0 Å². The number of nitrogens with one attached hydrogen (secondary N) is 1. The monoisotopic (exact) mass is 348 g/mol. The molecule has 0 saturated heterocycles. The number of hydrogen-bond donors (Lipinski definition) is 1. The quantitative estimate of drug-likeness (QED) is 0.896. The molecule has 7 heteroatoms. The summed E-state index contributed by atoms with van der Waals surface area (Å²) in [5.74, 6) is -0.566. The van der Waals surface area contributed by atoms with Gasteiger partial charge in [0, 0.05) is 30.4 Å². The molecule has 1 heterocycles. The highest BCUT2D eigenvalue weighted by Gasteiger charge is 2.30. The molecule has 0 aliphatic carbocycles. The molecule has 3 rings (SSSR count). The lowest BCUT2D eigenvalue weighted by Gasteiger charge is -2.15. The van der Waals surface area contributed by atoms with Gasteiger partial charge in [0.2, 0.25) is 5.91 Å². The van der Waals surface area contributed by atoms with Crippen LogP contribution in [0.15, 0.2) is 42.5 Å². The maximum Gasteiger partial charge on any atom is 0.416 e. The van der Waals surface area contributed by atoms with Crippen molar-refractivity contribution >= 4 is 23.2 Å². The van der Waals surface area contributed by atoms with Gasteiger partial charge >= 0.3 is 6.18 Å². The molecule has 0 bridgehead atoms. The molecule has 25 heavy (non-hydrogen) atoms. The van der Waals surface area contributed by atoms with Crippen molar-refractivity contribution in [3.05, 3.63) is 59.2 Å². The van der Waals surface area contributed by atoms with Crippen LogP contribution in [0, 0.1) is 0 Å². The fourth-order valence-electron chi connectivity index (χ4n) is 2.85. The van der Waals surface area contributed by atoms with Gasteiger partial charge in [-0.15, -0.1) is 0 Å². The lowest BCUT2D eigenvalue weighted by molar-refractivity contribution is -0.137. The summed E-state index contributed by atoms with van der Waals surface area (Å²) in [6.45, 7) is 2.03. The summed E-state index contributed by atoms with van der Waals surface area (Å²) in [4.78, 5) is 25.5. The highest BCUT2D eigenvalue weighted by molar-refractivity contribution is 6.05. The molecule has 0 radical (unpaired) electrons. The average molecular weight is 348 g/mol. The molecule has 1 aliphatic heterocycles. The van der Waals surface area contributed by atoms with Gasteiger partial charge in [0.1, 0.15) is 0 Å². The standard InChI is InChI=1S/C18H15F3N2O2/c1-11(24)23-8-7-12-9-13(5-6-16(12)23)17(25)22-15-4-2-3-14(10-15)18(19,20)21/h2-6,9-10H,7-8H2,1H3,(H,22,25). The number of carbonyl (C=O) groups is 2. The molecule has 130 valence electrons. The second kappa shape index (κ2) is 6.23. The Hall–Kier alpha value is -2.83. The summed E-state index contributed by atoms with van der Waals surface area (Å²) in [5, 5.41) is 2.48. The highest BCUT2D eigenvalue weighted by atomic mass is 19.4. The summed E-state index contributed by atoms with van der Waals surface area (Å²) in [6.07, 6.45) is -3.83. The Morgan fingerprint density at radius 1 is 1.12 bits per heavy atom. The van der Waals surface area contributed by atoms with Crippen molar-refractivity contribution in [1.82, 2.24) is 0 Å². The third-order valence-electron chi connectivity index (χ3n) is 4.07. The lowest BCUT2D eigenvalue weighted by atomic mass is 10.1. The van der Waals surface area contributed by atoms with Crippen molar-refractivity contribution in [2.75, 3.05) is 16.8 Å². The van der Waals surface area contributed by atoms with Gasteiger partial charge in [-0.1, -0.05) is 6.07 Å². The van der Waals surface area contributed by atoms with E-state index in [0.717, 1.165) is 23.4 Å². The lowest BCUT2D eigenvalue weighted by Crippen LogP contribution is -2.25. The van der Waals surface area contributed by atoms with Crippen LogP contribution in [0.5, 0.6) is 0 Å². The van der Waals surface area contributed by atoms with Crippen LogP contribution in [0.1, 0.15) is 28.4 Å². The van der Waals surface area contributed by atoms with Gasteiger partial charge in [0.25, 0.3) is 5.91 Å². The van der Waals surface area contributed by atoms with Gasteiger partial charge in [-0.3, -0.25) is 9.59 Å². The van der Waals surface area contributed by atoms with E-state index >= 15 is 0 Å². The predicted molar refractivity (Wildman–Crippen MR) is 87.6 cm³/mol. The topological polar surface area (TPSA) is 49.4 Å². The summed E-state index contributed by atoms with van der Waals surface area (Å²) < 4.78 is 38.2. The molecule has 4 nitrogen and oxygen atoms in total. The number of anilines is 2. The Balaban J connectivity index is 1.80. The summed E-state index contributed by atoms with van der Waals surface area (Å²) >= 11 is 0. The molecule has 1 N–H and O–H groups in total. The molecule has 0 atom stereocenters. The van der Waals surface area contributed by atoms with Gasteiger partial charge in [-0.2, -0.15) is 13.2 Å². The SMILES string of the molecule is CC(=O)N1CCc2cc(C(=O)Nc3cccc(C(F)(F)F)c3)ccc21. The third-order valence-corrected chi connectivity index (χ3v) is 4.07. The van der Waals surface area contributed by atoms with Crippen LogP contribution in [-0.4, -0.2) is 18.4 Å². The van der Waals surface area contributed by atoms with Crippen molar-refractivity contribution in [3.63, 3.8) is 0 Å². The van der Waals surface area contributed by atoms with Crippen LogP contribution in [0.25, 0.3) is 0 Å². The van der Waals surface area contributed by atoms with Crippen molar-refractivity contribution in [2.45, 2.75) is 19.5 Å². The van der Waals surface area contributed by atoms with E-state index in [1.807, 2.05) is 0 Å². The van der Waals surface area contributed by atoms with Crippen molar-refractivity contribution in [3.8, 4) is 0 Å². The van der Waals surface area contributed by atoms with Crippen LogP contribution < -0.4 is 10.2 Å². The van der Waals surface area contributed by atoms with Crippen LogP contribution in [0.2, 0.25) is 0 Å². The smallest absolute Gasteiger partial charge is 0.322 e. The largest absolute Gasteiger partial charge is 0.416 e. The first-order valence-corrected chi connectivity index (χ1v) is 7.65. The van der Waals surface area contributed by atoms with Crippen LogP contribution in [-0.2, 0) is 17.4 Å². The summed E-state index contributed by atoms with van der Waals surface area (Å²) in [5.41, 5.74) is 1.22. The molecule has 0 unspecified atom stereocenters. The Kier molecular flexibility index (Phi) is 4.24. The number of alkyl halides is 3. The van der Waals surface area contributed by atoms with E-state index in [2.05, 4.69) is 5.32 Å². The van der Waals surface area contributed by atoms with Crippen molar-refractivity contribution in [1.29, 1.82) is 0 Å². The molecule has 2 aromatic rings. The molecule has 0 aromatic heterocycles. The Morgan fingerprint density at radius 3 is 2.56 bits per heavy atom. The Labute approximate surface area is 142 Å². The molecule has 0 saturated carbocycles. The first kappa shape index (κ1) is 17.0.